The summed E-state index contributed by atoms with van der Waals surface area (Å²) >= 11 is 10.5. The van der Waals surface area contributed by atoms with Crippen molar-refractivity contribution in [2.45, 2.75) is 13.3 Å². The lowest BCUT2D eigenvalue weighted by Gasteiger charge is -2.03. The highest BCUT2D eigenvalue weighted by Crippen LogP contribution is 2.23. The molecule has 0 aliphatic rings. The Hall–Kier alpha value is -0.780. The number of carbonyl (C=O) groups is 1. The SMILES string of the molecule is Cc1nnsc1C(=O)Cc1ccc(Br)cc1Cl. The summed E-state index contributed by atoms with van der Waals surface area (Å²) in [5.74, 6) is 0.00159. The fourth-order valence-corrected chi connectivity index (χ4v) is 2.74. The minimum absolute atomic E-state index is 0.00159. The van der Waals surface area contributed by atoms with Crippen LogP contribution in [0.3, 0.4) is 0 Å². The Morgan fingerprint density at radius 3 is 2.88 bits per heavy atom. The number of hydrogen-bond donors (Lipinski definition) is 0. The van der Waals surface area contributed by atoms with Crippen molar-refractivity contribution in [3.8, 4) is 0 Å². The van der Waals surface area contributed by atoms with Gasteiger partial charge in [0.05, 0.1) is 5.69 Å². The van der Waals surface area contributed by atoms with Crippen molar-refractivity contribution in [2.24, 2.45) is 0 Å². The van der Waals surface area contributed by atoms with Gasteiger partial charge in [-0.2, -0.15) is 0 Å². The van der Waals surface area contributed by atoms with E-state index in [1.54, 1.807) is 13.0 Å². The highest BCUT2D eigenvalue weighted by Gasteiger charge is 2.15. The Labute approximate surface area is 116 Å². The molecule has 1 aromatic heterocycles. The third-order valence-corrected chi connectivity index (χ3v) is 3.98. The van der Waals surface area contributed by atoms with E-state index in [-0.39, 0.29) is 12.2 Å². The molecule has 0 atom stereocenters. The molecular weight excluding hydrogens is 324 g/mol. The van der Waals surface area contributed by atoms with Crippen LogP contribution in [0.4, 0.5) is 0 Å². The number of nitrogens with zero attached hydrogens (tertiary/aromatic N) is 2. The van der Waals surface area contributed by atoms with E-state index >= 15 is 0 Å². The fraction of sp³-hybridized carbons (Fsp3) is 0.182. The van der Waals surface area contributed by atoms with Gasteiger partial charge < -0.3 is 0 Å². The fourth-order valence-electron chi connectivity index (χ4n) is 1.40. The first-order valence-electron chi connectivity index (χ1n) is 4.84. The maximum absolute atomic E-state index is 12.0. The van der Waals surface area contributed by atoms with Crippen molar-refractivity contribution in [1.29, 1.82) is 0 Å². The van der Waals surface area contributed by atoms with E-state index in [2.05, 4.69) is 25.5 Å². The largest absolute Gasteiger partial charge is 0.293 e. The van der Waals surface area contributed by atoms with Crippen LogP contribution in [-0.2, 0) is 6.42 Å². The first-order valence-corrected chi connectivity index (χ1v) is 6.78. The summed E-state index contributed by atoms with van der Waals surface area (Å²) < 4.78 is 4.65. The summed E-state index contributed by atoms with van der Waals surface area (Å²) in [5.41, 5.74) is 1.49. The second-order valence-electron chi connectivity index (χ2n) is 3.52. The molecule has 2 rings (SSSR count). The van der Waals surface area contributed by atoms with E-state index in [4.69, 9.17) is 11.6 Å². The zero-order valence-electron chi connectivity index (χ0n) is 8.91. The lowest BCUT2D eigenvalue weighted by molar-refractivity contribution is 0.0996. The average Bonchev–Trinajstić information content (AvgIpc) is 2.68. The molecule has 0 amide bonds. The van der Waals surface area contributed by atoms with Gasteiger partial charge in [0.2, 0.25) is 0 Å². The molecule has 0 aliphatic heterocycles. The Bertz CT molecular complexity index is 570. The topological polar surface area (TPSA) is 42.9 Å². The van der Waals surface area contributed by atoms with Crippen molar-refractivity contribution in [3.63, 3.8) is 0 Å². The number of halogens is 2. The van der Waals surface area contributed by atoms with Crippen molar-refractivity contribution in [3.05, 3.63) is 43.8 Å². The van der Waals surface area contributed by atoms with Gasteiger partial charge in [0, 0.05) is 15.9 Å². The Balaban J connectivity index is 2.22. The van der Waals surface area contributed by atoms with Gasteiger partial charge in [-0.05, 0) is 36.2 Å². The Morgan fingerprint density at radius 1 is 1.53 bits per heavy atom. The molecule has 0 unspecified atom stereocenters. The van der Waals surface area contributed by atoms with Crippen LogP contribution < -0.4 is 0 Å². The number of aromatic nitrogens is 2. The van der Waals surface area contributed by atoms with Crippen LogP contribution in [0.15, 0.2) is 22.7 Å². The highest BCUT2D eigenvalue weighted by molar-refractivity contribution is 9.10. The van der Waals surface area contributed by atoms with E-state index in [9.17, 15) is 4.79 Å². The van der Waals surface area contributed by atoms with Crippen LogP contribution in [0.1, 0.15) is 20.9 Å². The van der Waals surface area contributed by atoms with Crippen LogP contribution in [0.2, 0.25) is 5.02 Å². The van der Waals surface area contributed by atoms with E-state index in [0.29, 0.717) is 15.6 Å². The van der Waals surface area contributed by atoms with Gasteiger partial charge in [-0.15, -0.1) is 5.10 Å². The number of hydrogen-bond acceptors (Lipinski definition) is 4. The molecule has 0 saturated heterocycles. The van der Waals surface area contributed by atoms with Crippen LogP contribution in [0.25, 0.3) is 0 Å². The van der Waals surface area contributed by atoms with Gasteiger partial charge in [0.25, 0.3) is 0 Å². The molecule has 0 bridgehead atoms. The van der Waals surface area contributed by atoms with Crippen LogP contribution in [-0.4, -0.2) is 15.4 Å². The van der Waals surface area contributed by atoms with Gasteiger partial charge >= 0.3 is 0 Å². The lowest BCUT2D eigenvalue weighted by Crippen LogP contribution is -2.03. The number of aryl methyl sites for hydroxylation is 1. The highest BCUT2D eigenvalue weighted by atomic mass is 79.9. The van der Waals surface area contributed by atoms with E-state index < -0.39 is 0 Å². The molecule has 0 fully saturated rings. The smallest absolute Gasteiger partial charge is 0.180 e. The minimum Gasteiger partial charge on any atom is -0.293 e. The summed E-state index contributed by atoms with van der Waals surface area (Å²) in [4.78, 5) is 12.6. The van der Waals surface area contributed by atoms with Gasteiger partial charge in [-0.25, -0.2) is 0 Å². The molecular formula is C11H8BrClN2OS. The van der Waals surface area contributed by atoms with Gasteiger partial charge in [-0.3, -0.25) is 4.79 Å². The first kappa shape index (κ1) is 12.7. The predicted molar refractivity (Wildman–Crippen MR) is 71.8 cm³/mol. The van der Waals surface area contributed by atoms with Crippen LogP contribution in [0, 0.1) is 6.92 Å². The molecule has 1 heterocycles. The third-order valence-electron chi connectivity index (χ3n) is 2.27. The third kappa shape index (κ3) is 2.91. The lowest BCUT2D eigenvalue weighted by atomic mass is 10.1. The predicted octanol–water partition coefficient (Wildman–Crippen LogP) is 3.69. The van der Waals surface area contributed by atoms with Gasteiger partial charge in [0.1, 0.15) is 4.88 Å². The number of rotatable bonds is 3. The number of Topliss-reactive ketones (excluding diaryl/α,β-unsaturated/α-hetero) is 1. The normalized spacial score (nSPS) is 10.5. The van der Waals surface area contributed by atoms with Crippen LogP contribution >= 0.6 is 39.1 Å². The molecule has 88 valence electrons. The summed E-state index contributed by atoms with van der Waals surface area (Å²) in [5, 5.41) is 4.41. The van der Waals surface area contributed by atoms with Crippen LogP contribution in [0.5, 0.6) is 0 Å². The second kappa shape index (κ2) is 5.25. The molecule has 6 heteroatoms. The summed E-state index contributed by atoms with van der Waals surface area (Å²) in [6.07, 6.45) is 0.275. The van der Waals surface area contributed by atoms with Crippen molar-refractivity contribution >= 4 is 44.8 Å². The Morgan fingerprint density at radius 2 is 2.29 bits per heavy atom. The maximum atomic E-state index is 12.0. The van der Waals surface area contributed by atoms with Gasteiger partial charge in [-0.1, -0.05) is 38.1 Å². The molecule has 17 heavy (non-hydrogen) atoms. The van der Waals surface area contributed by atoms with E-state index in [1.807, 2.05) is 12.1 Å². The average molecular weight is 332 g/mol. The van der Waals surface area contributed by atoms with Crippen molar-refractivity contribution in [1.82, 2.24) is 9.59 Å². The maximum Gasteiger partial charge on any atom is 0.180 e. The molecule has 0 spiro atoms. The van der Waals surface area contributed by atoms with Gasteiger partial charge in [0.15, 0.2) is 5.78 Å². The first-order chi connectivity index (χ1) is 8.08. The molecule has 1 aromatic carbocycles. The van der Waals surface area contributed by atoms with E-state index in [1.165, 1.54) is 0 Å². The summed E-state index contributed by atoms with van der Waals surface area (Å²) in [6, 6.07) is 5.49. The molecule has 0 radical (unpaired) electrons. The zero-order chi connectivity index (χ0) is 12.4. The number of benzene rings is 1. The second-order valence-corrected chi connectivity index (χ2v) is 5.60. The quantitative estimate of drug-likeness (QED) is 0.806. The number of ketones is 1. The molecule has 2 aromatic rings. The molecule has 0 saturated carbocycles. The standard InChI is InChI=1S/C11H8BrClN2OS/c1-6-11(17-15-14-6)10(16)4-7-2-3-8(12)5-9(7)13/h2-3,5H,4H2,1H3. The monoisotopic (exact) mass is 330 g/mol. The molecule has 3 nitrogen and oxygen atoms in total. The van der Waals surface area contributed by atoms with Crippen molar-refractivity contribution in [2.75, 3.05) is 0 Å². The molecule has 0 N–H and O–H groups in total. The number of carbonyl (C=O) groups excluding carboxylic acids is 1. The summed E-state index contributed by atoms with van der Waals surface area (Å²) in [7, 11) is 0. The minimum atomic E-state index is 0.00159. The van der Waals surface area contributed by atoms with Crippen molar-refractivity contribution < 1.29 is 4.79 Å². The zero-order valence-corrected chi connectivity index (χ0v) is 12.1. The summed E-state index contributed by atoms with van der Waals surface area (Å²) in [6.45, 7) is 1.78. The van der Waals surface area contributed by atoms with E-state index in [0.717, 1.165) is 21.6 Å². The Kier molecular flexibility index (Phi) is 3.91. The molecule has 0 aliphatic carbocycles.